The molecular weight excluding hydrogens is 314 g/mol. The van der Waals surface area contributed by atoms with Crippen LogP contribution in [-0.4, -0.2) is 7.05 Å². The van der Waals surface area contributed by atoms with E-state index in [1.807, 2.05) is 31.3 Å². The highest BCUT2D eigenvalue weighted by molar-refractivity contribution is 9.10. The summed E-state index contributed by atoms with van der Waals surface area (Å²) in [6.45, 7) is 2.76. The minimum absolute atomic E-state index is 0.379. The number of hydrogen-bond donors (Lipinski definition) is 1. The Morgan fingerprint density at radius 3 is 2.65 bits per heavy atom. The first-order chi connectivity index (χ1) is 9.72. The van der Waals surface area contributed by atoms with Crippen molar-refractivity contribution in [2.45, 2.75) is 26.0 Å². The van der Waals surface area contributed by atoms with E-state index in [0.29, 0.717) is 12.6 Å². The second kappa shape index (κ2) is 7.46. The summed E-state index contributed by atoms with van der Waals surface area (Å²) in [5, 5.41) is 3.31. The molecule has 2 rings (SSSR count). The molecule has 0 bridgehead atoms. The average molecular weight is 334 g/mol. The molecule has 0 radical (unpaired) electrons. The lowest BCUT2D eigenvalue weighted by molar-refractivity contribution is 0.305. The molecule has 2 nitrogen and oxygen atoms in total. The first-order valence-electron chi connectivity index (χ1n) is 6.87. The molecule has 0 aromatic heterocycles. The molecule has 0 saturated heterocycles. The Kier molecular flexibility index (Phi) is 5.62. The Balaban J connectivity index is 2.04. The Labute approximate surface area is 129 Å². The maximum absolute atomic E-state index is 5.88. The van der Waals surface area contributed by atoms with Crippen molar-refractivity contribution in [1.82, 2.24) is 5.32 Å². The fraction of sp³-hybridized carbons (Fsp3) is 0.294. The topological polar surface area (TPSA) is 21.3 Å². The molecule has 106 valence electrons. The summed E-state index contributed by atoms with van der Waals surface area (Å²) in [7, 11) is 1.99. The largest absolute Gasteiger partial charge is 0.489 e. The Hall–Kier alpha value is -1.32. The molecule has 0 amide bonds. The van der Waals surface area contributed by atoms with Crippen LogP contribution < -0.4 is 10.1 Å². The molecule has 20 heavy (non-hydrogen) atoms. The van der Waals surface area contributed by atoms with Crippen LogP contribution in [0, 0.1) is 0 Å². The van der Waals surface area contributed by atoms with Gasteiger partial charge in [0.1, 0.15) is 12.4 Å². The molecule has 1 unspecified atom stereocenters. The summed E-state index contributed by atoms with van der Waals surface area (Å²) in [5.74, 6) is 0.913. The van der Waals surface area contributed by atoms with Crippen LogP contribution in [0.25, 0.3) is 0 Å². The molecule has 0 aliphatic heterocycles. The third kappa shape index (κ3) is 4.09. The summed E-state index contributed by atoms with van der Waals surface area (Å²) in [6.07, 6.45) is 1.06. The van der Waals surface area contributed by atoms with Crippen LogP contribution in [-0.2, 0) is 6.61 Å². The lowest BCUT2D eigenvalue weighted by Gasteiger charge is -2.15. The highest BCUT2D eigenvalue weighted by Crippen LogP contribution is 2.22. The minimum atomic E-state index is 0.379. The number of rotatable bonds is 6. The van der Waals surface area contributed by atoms with Crippen LogP contribution in [0.1, 0.15) is 30.5 Å². The molecule has 0 fully saturated rings. The van der Waals surface area contributed by atoms with E-state index in [9.17, 15) is 0 Å². The summed E-state index contributed by atoms with van der Waals surface area (Å²) < 4.78 is 6.96. The minimum Gasteiger partial charge on any atom is -0.489 e. The average Bonchev–Trinajstić information content (AvgIpc) is 2.47. The van der Waals surface area contributed by atoms with Gasteiger partial charge in [0.25, 0.3) is 0 Å². The highest BCUT2D eigenvalue weighted by Gasteiger charge is 2.07. The molecule has 0 saturated carbocycles. The van der Waals surface area contributed by atoms with Crippen LogP contribution >= 0.6 is 15.9 Å². The Morgan fingerprint density at radius 1 is 1.15 bits per heavy atom. The van der Waals surface area contributed by atoms with Crippen LogP contribution in [0.2, 0.25) is 0 Å². The van der Waals surface area contributed by atoms with Crippen LogP contribution in [0.3, 0.4) is 0 Å². The zero-order valence-electron chi connectivity index (χ0n) is 11.9. The number of hydrogen-bond acceptors (Lipinski definition) is 2. The van der Waals surface area contributed by atoms with Crippen LogP contribution in [0.5, 0.6) is 5.75 Å². The maximum Gasteiger partial charge on any atom is 0.120 e. The molecule has 1 atom stereocenters. The second-order valence-electron chi connectivity index (χ2n) is 4.74. The number of ether oxygens (including phenoxy) is 1. The van der Waals surface area contributed by atoms with Gasteiger partial charge in [-0.25, -0.2) is 0 Å². The van der Waals surface area contributed by atoms with Gasteiger partial charge in [0.15, 0.2) is 0 Å². The van der Waals surface area contributed by atoms with E-state index >= 15 is 0 Å². The van der Waals surface area contributed by atoms with E-state index in [1.165, 1.54) is 5.56 Å². The van der Waals surface area contributed by atoms with E-state index in [4.69, 9.17) is 4.74 Å². The quantitative estimate of drug-likeness (QED) is 0.827. The molecule has 0 aliphatic carbocycles. The van der Waals surface area contributed by atoms with Gasteiger partial charge in [0, 0.05) is 10.5 Å². The Morgan fingerprint density at radius 2 is 1.95 bits per heavy atom. The maximum atomic E-state index is 5.88. The standard InChI is InChI=1S/C17H20BrNO/c1-3-17(19-2)14-7-5-9-16(11-14)20-12-13-6-4-8-15(18)10-13/h4-11,17,19H,3,12H2,1-2H3. The monoisotopic (exact) mass is 333 g/mol. The molecule has 2 aromatic carbocycles. The van der Waals surface area contributed by atoms with Crippen molar-refractivity contribution in [2.24, 2.45) is 0 Å². The summed E-state index contributed by atoms with van der Waals surface area (Å²) in [6, 6.07) is 16.9. The van der Waals surface area contributed by atoms with Gasteiger partial charge in [-0.15, -0.1) is 0 Å². The predicted octanol–water partition coefficient (Wildman–Crippen LogP) is 4.70. The molecule has 0 heterocycles. The summed E-state index contributed by atoms with van der Waals surface area (Å²) in [4.78, 5) is 0. The number of halogens is 1. The molecule has 3 heteroatoms. The number of nitrogens with one attached hydrogen (secondary N) is 1. The van der Waals surface area contributed by atoms with Crippen molar-refractivity contribution in [3.05, 3.63) is 64.1 Å². The zero-order chi connectivity index (χ0) is 14.4. The van der Waals surface area contributed by atoms with Crippen LogP contribution in [0.4, 0.5) is 0 Å². The van der Waals surface area contributed by atoms with Crippen molar-refractivity contribution < 1.29 is 4.74 Å². The van der Waals surface area contributed by atoms with Crippen LogP contribution in [0.15, 0.2) is 53.0 Å². The molecule has 2 aromatic rings. The van der Waals surface area contributed by atoms with E-state index in [0.717, 1.165) is 22.2 Å². The van der Waals surface area contributed by atoms with Gasteiger partial charge in [-0.2, -0.15) is 0 Å². The first kappa shape index (κ1) is 15.1. The van der Waals surface area contributed by atoms with Gasteiger partial charge in [-0.3, -0.25) is 0 Å². The van der Waals surface area contributed by atoms with Gasteiger partial charge < -0.3 is 10.1 Å². The molecule has 0 aliphatic rings. The summed E-state index contributed by atoms with van der Waals surface area (Å²) in [5.41, 5.74) is 2.42. The fourth-order valence-electron chi connectivity index (χ4n) is 2.22. The lowest BCUT2D eigenvalue weighted by Crippen LogP contribution is -2.15. The van der Waals surface area contributed by atoms with E-state index in [2.05, 4.69) is 52.4 Å². The van der Waals surface area contributed by atoms with Crippen molar-refractivity contribution in [1.29, 1.82) is 0 Å². The van der Waals surface area contributed by atoms with Gasteiger partial charge in [0.05, 0.1) is 0 Å². The Bertz CT molecular complexity index is 552. The molecule has 0 spiro atoms. The second-order valence-corrected chi connectivity index (χ2v) is 5.66. The normalized spacial score (nSPS) is 12.2. The van der Waals surface area contributed by atoms with Gasteiger partial charge in [-0.1, -0.05) is 47.1 Å². The van der Waals surface area contributed by atoms with E-state index < -0.39 is 0 Å². The summed E-state index contributed by atoms with van der Waals surface area (Å²) >= 11 is 3.47. The zero-order valence-corrected chi connectivity index (χ0v) is 13.5. The fourth-order valence-corrected chi connectivity index (χ4v) is 2.67. The van der Waals surface area contributed by atoms with Gasteiger partial charge in [-0.05, 0) is 48.9 Å². The SMILES string of the molecule is CCC(NC)c1cccc(OCc2cccc(Br)c2)c1. The number of benzene rings is 2. The van der Waals surface area contributed by atoms with Gasteiger partial charge in [0.2, 0.25) is 0 Å². The van der Waals surface area contributed by atoms with E-state index in [1.54, 1.807) is 0 Å². The third-order valence-corrected chi connectivity index (χ3v) is 3.80. The van der Waals surface area contributed by atoms with Crippen molar-refractivity contribution in [3.8, 4) is 5.75 Å². The molecule has 1 N–H and O–H groups in total. The van der Waals surface area contributed by atoms with Crippen molar-refractivity contribution >= 4 is 15.9 Å². The van der Waals surface area contributed by atoms with Gasteiger partial charge >= 0.3 is 0 Å². The lowest BCUT2D eigenvalue weighted by atomic mass is 10.0. The van der Waals surface area contributed by atoms with E-state index in [-0.39, 0.29) is 0 Å². The first-order valence-corrected chi connectivity index (χ1v) is 7.66. The third-order valence-electron chi connectivity index (χ3n) is 3.31. The highest BCUT2D eigenvalue weighted by atomic mass is 79.9. The smallest absolute Gasteiger partial charge is 0.120 e. The predicted molar refractivity (Wildman–Crippen MR) is 87.0 cm³/mol. The van der Waals surface area contributed by atoms with Crippen molar-refractivity contribution in [3.63, 3.8) is 0 Å². The van der Waals surface area contributed by atoms with Crippen molar-refractivity contribution in [2.75, 3.05) is 7.05 Å². The molecular formula is C17H20BrNO.